The van der Waals surface area contributed by atoms with E-state index in [1.165, 1.54) is 24.5 Å². The Morgan fingerprint density at radius 3 is 2.43 bits per heavy atom. The molecule has 1 aliphatic rings. The van der Waals surface area contributed by atoms with Crippen molar-refractivity contribution in [3.63, 3.8) is 0 Å². The summed E-state index contributed by atoms with van der Waals surface area (Å²) in [4.78, 5) is 8.05. The maximum atomic E-state index is 12.6. The minimum atomic E-state index is -4.38. The molecular weight excluding hydrogens is 309 g/mol. The van der Waals surface area contributed by atoms with Gasteiger partial charge >= 0.3 is 6.18 Å². The zero-order valence-corrected chi connectivity index (χ0v) is 11.8. The van der Waals surface area contributed by atoms with Gasteiger partial charge in [0.05, 0.1) is 11.8 Å². The summed E-state index contributed by atoms with van der Waals surface area (Å²) in [5, 5.41) is 0. The smallest absolute Gasteiger partial charge is 0.416 e. The first-order chi connectivity index (χ1) is 10.8. The van der Waals surface area contributed by atoms with E-state index in [1.54, 1.807) is 6.08 Å². The van der Waals surface area contributed by atoms with Crippen LogP contribution in [-0.2, 0) is 11.7 Å². The number of hydrogen-bond acceptors (Lipinski definition) is 5. The van der Waals surface area contributed by atoms with Crippen LogP contribution in [0.1, 0.15) is 17.9 Å². The van der Waals surface area contributed by atoms with Gasteiger partial charge in [-0.3, -0.25) is 0 Å². The van der Waals surface area contributed by atoms with Crippen LogP contribution in [0, 0.1) is 0 Å². The molecule has 0 aliphatic carbocycles. The highest BCUT2D eigenvalue weighted by molar-refractivity contribution is 5.73. The zero-order chi connectivity index (χ0) is 16.7. The molecule has 0 amide bonds. The van der Waals surface area contributed by atoms with Crippen molar-refractivity contribution in [1.29, 1.82) is 0 Å². The quantitative estimate of drug-likeness (QED) is 0.889. The Labute approximate surface area is 129 Å². The maximum absolute atomic E-state index is 12.6. The van der Waals surface area contributed by atoms with Gasteiger partial charge in [-0.15, -0.1) is 0 Å². The van der Waals surface area contributed by atoms with Crippen LogP contribution in [0.4, 0.5) is 13.2 Å². The second-order valence-electron chi connectivity index (χ2n) is 5.24. The zero-order valence-electron chi connectivity index (χ0n) is 11.8. The number of rotatable bonds is 2. The van der Waals surface area contributed by atoms with Gasteiger partial charge in [-0.1, -0.05) is 12.1 Å². The molecule has 120 valence electrons. The Hall–Kier alpha value is -2.61. The Morgan fingerprint density at radius 1 is 1.17 bits per heavy atom. The molecule has 4 N–H and O–H groups in total. The number of aliphatic imine (C=N–C) groups is 1. The topological polar surface area (TPSA) is 90.4 Å². The van der Waals surface area contributed by atoms with Crippen molar-refractivity contribution in [3.05, 3.63) is 53.8 Å². The van der Waals surface area contributed by atoms with Crippen molar-refractivity contribution in [2.24, 2.45) is 16.5 Å². The third kappa shape index (κ3) is 2.98. The first-order valence-corrected chi connectivity index (χ1v) is 6.72. The summed E-state index contributed by atoms with van der Waals surface area (Å²) >= 11 is 0. The van der Waals surface area contributed by atoms with Crippen molar-refractivity contribution in [2.45, 2.75) is 18.1 Å². The molecule has 0 saturated carbocycles. The van der Waals surface area contributed by atoms with Gasteiger partial charge in [-0.25, -0.2) is 9.98 Å². The molecule has 0 saturated heterocycles. The first-order valence-electron chi connectivity index (χ1n) is 6.72. The highest BCUT2D eigenvalue weighted by Crippen LogP contribution is 2.32. The van der Waals surface area contributed by atoms with Crippen molar-refractivity contribution in [1.82, 2.24) is 4.98 Å². The largest absolute Gasteiger partial charge is 0.438 e. The van der Waals surface area contributed by atoms with Crippen LogP contribution in [0.5, 0.6) is 0 Å². The maximum Gasteiger partial charge on any atom is 0.416 e. The van der Waals surface area contributed by atoms with Crippen LogP contribution in [0.2, 0.25) is 0 Å². The van der Waals surface area contributed by atoms with E-state index in [4.69, 9.17) is 15.9 Å². The molecule has 0 spiro atoms. The van der Waals surface area contributed by atoms with Gasteiger partial charge in [-0.2, -0.15) is 13.2 Å². The fraction of sp³-hybridized carbons (Fsp3) is 0.200. The average molecular weight is 322 g/mol. The van der Waals surface area contributed by atoms with E-state index in [2.05, 4.69) is 9.98 Å². The number of benzene rings is 1. The molecule has 1 atom stereocenters. The van der Waals surface area contributed by atoms with Gasteiger partial charge in [0.25, 0.3) is 0 Å². The normalized spacial score (nSPS) is 21.3. The Morgan fingerprint density at radius 2 is 1.87 bits per heavy atom. The molecule has 0 radical (unpaired) electrons. The fourth-order valence-corrected chi connectivity index (χ4v) is 2.16. The molecule has 8 heteroatoms. The van der Waals surface area contributed by atoms with Gasteiger partial charge in [0.1, 0.15) is 11.4 Å². The molecule has 3 rings (SSSR count). The van der Waals surface area contributed by atoms with Crippen molar-refractivity contribution in [3.8, 4) is 11.3 Å². The number of aromatic nitrogens is 1. The third-order valence-electron chi connectivity index (χ3n) is 3.49. The molecule has 23 heavy (non-hydrogen) atoms. The molecule has 0 fully saturated rings. The predicted molar refractivity (Wildman–Crippen MR) is 78.2 cm³/mol. The number of oxazole rings is 1. The minimum Gasteiger partial charge on any atom is -0.438 e. The number of nitrogens with zero attached hydrogens (tertiary/aromatic N) is 2. The van der Waals surface area contributed by atoms with Crippen LogP contribution in [0.15, 0.2) is 51.8 Å². The minimum absolute atomic E-state index is 0.222. The van der Waals surface area contributed by atoms with E-state index in [-0.39, 0.29) is 5.89 Å². The fourth-order valence-electron chi connectivity index (χ4n) is 2.16. The van der Waals surface area contributed by atoms with E-state index >= 15 is 0 Å². The van der Waals surface area contributed by atoms with Gasteiger partial charge < -0.3 is 15.9 Å². The van der Waals surface area contributed by atoms with Crippen LogP contribution >= 0.6 is 0 Å². The van der Waals surface area contributed by atoms with Crippen LogP contribution in [0.25, 0.3) is 11.3 Å². The molecule has 1 aliphatic heterocycles. The molecule has 1 aromatic carbocycles. The Kier molecular flexibility index (Phi) is 3.48. The summed E-state index contributed by atoms with van der Waals surface area (Å²) in [7, 11) is 0. The highest BCUT2D eigenvalue weighted by Gasteiger charge is 2.33. The summed E-state index contributed by atoms with van der Waals surface area (Å²) in [5.74, 6) is 0.912. The first kappa shape index (κ1) is 15.3. The molecule has 1 unspecified atom stereocenters. The molecular formula is C15H13F3N4O. The lowest BCUT2D eigenvalue weighted by Crippen LogP contribution is -2.40. The number of halogens is 3. The van der Waals surface area contributed by atoms with Crippen molar-refractivity contribution >= 4 is 6.21 Å². The lowest BCUT2D eigenvalue weighted by Gasteiger charge is -2.22. The second kappa shape index (κ2) is 5.24. The standard InChI is InChI=1S/C15H13F3N4O/c16-15(17,18)10-3-1-9(2-4-10)11-7-21-13(23-11)14(20)6-5-12(19)22-8-14/h1-5,7-8H,6,19-20H2. The van der Waals surface area contributed by atoms with Gasteiger partial charge in [0.15, 0.2) is 5.76 Å². The molecule has 1 aromatic heterocycles. The van der Waals surface area contributed by atoms with Crippen molar-refractivity contribution in [2.75, 3.05) is 0 Å². The van der Waals surface area contributed by atoms with E-state index in [1.807, 2.05) is 0 Å². The van der Waals surface area contributed by atoms with E-state index in [0.29, 0.717) is 23.6 Å². The summed E-state index contributed by atoms with van der Waals surface area (Å²) < 4.78 is 43.3. The summed E-state index contributed by atoms with van der Waals surface area (Å²) in [6, 6.07) is 4.62. The second-order valence-corrected chi connectivity index (χ2v) is 5.24. The molecule has 2 heterocycles. The lowest BCUT2D eigenvalue weighted by molar-refractivity contribution is -0.137. The monoisotopic (exact) mass is 322 g/mol. The summed E-state index contributed by atoms with van der Waals surface area (Å²) in [6.45, 7) is 0. The van der Waals surface area contributed by atoms with Crippen LogP contribution in [0.3, 0.4) is 0 Å². The van der Waals surface area contributed by atoms with E-state index < -0.39 is 17.3 Å². The number of nitrogens with two attached hydrogens (primary N) is 2. The third-order valence-corrected chi connectivity index (χ3v) is 3.49. The summed E-state index contributed by atoms with van der Waals surface area (Å²) in [6.07, 6.45) is 0.515. The molecule has 0 bridgehead atoms. The van der Waals surface area contributed by atoms with Crippen molar-refractivity contribution < 1.29 is 17.6 Å². The summed E-state index contributed by atoms with van der Waals surface area (Å²) in [5.41, 5.74) is 10.4. The molecule has 5 nitrogen and oxygen atoms in total. The average Bonchev–Trinajstić information content (AvgIpc) is 3.00. The highest BCUT2D eigenvalue weighted by atomic mass is 19.4. The Balaban J connectivity index is 1.87. The lowest BCUT2D eigenvalue weighted by atomic mass is 9.96. The number of alkyl halides is 3. The van der Waals surface area contributed by atoms with Crippen LogP contribution < -0.4 is 11.5 Å². The van der Waals surface area contributed by atoms with E-state index in [0.717, 1.165) is 12.1 Å². The van der Waals surface area contributed by atoms with Crippen LogP contribution in [-0.4, -0.2) is 11.2 Å². The Bertz CT molecular complexity index is 777. The van der Waals surface area contributed by atoms with Gasteiger partial charge in [0, 0.05) is 18.2 Å². The van der Waals surface area contributed by atoms with E-state index in [9.17, 15) is 13.2 Å². The van der Waals surface area contributed by atoms with Gasteiger partial charge in [-0.05, 0) is 18.2 Å². The number of hydrogen-bond donors (Lipinski definition) is 2. The molecule has 2 aromatic rings. The van der Waals surface area contributed by atoms with Gasteiger partial charge in [0.2, 0.25) is 5.89 Å². The SMILES string of the molecule is NC1=CCC(N)(c2ncc(-c3ccc(C(F)(F)F)cc3)o2)C=N1. The predicted octanol–water partition coefficient (Wildman–Crippen LogP) is 2.79.